The van der Waals surface area contributed by atoms with Gasteiger partial charge in [-0.3, -0.25) is 0 Å². The summed E-state index contributed by atoms with van der Waals surface area (Å²) >= 11 is 2.05. The summed E-state index contributed by atoms with van der Waals surface area (Å²) in [4.78, 5) is 12.9. The minimum atomic E-state index is 0.230. The van der Waals surface area contributed by atoms with E-state index in [1.165, 1.54) is 47.7 Å². The molecule has 6 nitrogen and oxygen atoms in total. The molecule has 2 heterocycles. The number of nitrogens with two attached hydrogens (primary N) is 1. The Kier molecular flexibility index (Phi) is 4.49. The summed E-state index contributed by atoms with van der Waals surface area (Å²) < 4.78 is 7.56. The van der Waals surface area contributed by atoms with Gasteiger partial charge in [-0.15, -0.1) is 0 Å². The minimum absolute atomic E-state index is 0.230. The van der Waals surface area contributed by atoms with Crippen molar-refractivity contribution in [2.45, 2.75) is 44.6 Å². The van der Waals surface area contributed by atoms with Crippen LogP contribution in [0.2, 0.25) is 0 Å². The van der Waals surface area contributed by atoms with Crippen molar-refractivity contribution in [2.75, 3.05) is 5.73 Å². The molecule has 0 aliphatic heterocycles. The third kappa shape index (κ3) is 2.80. The molecule has 3 rings (SSSR count). The van der Waals surface area contributed by atoms with Crippen molar-refractivity contribution in [2.24, 2.45) is 0 Å². The Labute approximate surface area is 133 Å². The van der Waals surface area contributed by atoms with Crippen molar-refractivity contribution in [3.05, 3.63) is 6.33 Å². The maximum absolute atomic E-state index is 5.79. The van der Waals surface area contributed by atoms with Crippen LogP contribution in [-0.4, -0.2) is 19.5 Å². The van der Waals surface area contributed by atoms with Crippen LogP contribution in [0.4, 0.5) is 5.95 Å². The molecule has 8 heteroatoms. The number of aromatic nitrogens is 4. The van der Waals surface area contributed by atoms with Gasteiger partial charge < -0.3 is 14.5 Å². The number of fused-ring (bicyclic) bond motifs is 1. The molecule has 0 saturated heterocycles. The lowest BCUT2D eigenvalue weighted by atomic mass is 10.1. The van der Waals surface area contributed by atoms with Gasteiger partial charge in [0.25, 0.3) is 5.88 Å². The molecule has 1 aliphatic rings. The third-order valence-electron chi connectivity index (χ3n) is 3.74. The number of hydrogen-bond donors (Lipinski definition) is 1. The van der Waals surface area contributed by atoms with Crippen LogP contribution in [-0.2, 0) is 0 Å². The van der Waals surface area contributed by atoms with Crippen molar-refractivity contribution in [1.29, 1.82) is 0 Å². The SMILES string of the molecule is Nc1nc(OSI)c2ncn(C3CCCCCC3)c2n1. The zero-order chi connectivity index (χ0) is 13.9. The van der Waals surface area contributed by atoms with Crippen LogP contribution in [0, 0.1) is 0 Å². The molecule has 2 aromatic rings. The molecular formula is C12H16IN5OS. The molecule has 0 radical (unpaired) electrons. The first-order valence-corrected chi connectivity index (χ1v) is 10.0. The number of anilines is 1. The fourth-order valence-corrected chi connectivity index (χ4v) is 3.48. The quantitative estimate of drug-likeness (QED) is 0.477. The monoisotopic (exact) mass is 405 g/mol. The van der Waals surface area contributed by atoms with Crippen molar-refractivity contribution < 1.29 is 4.18 Å². The van der Waals surface area contributed by atoms with Gasteiger partial charge in [0.15, 0.2) is 11.2 Å². The molecule has 0 atom stereocenters. The van der Waals surface area contributed by atoms with Crippen molar-refractivity contribution in [3.8, 4) is 5.88 Å². The lowest BCUT2D eigenvalue weighted by Crippen LogP contribution is -2.08. The first-order valence-electron chi connectivity index (χ1n) is 6.75. The molecule has 1 fully saturated rings. The van der Waals surface area contributed by atoms with Gasteiger partial charge in [-0.2, -0.15) is 9.97 Å². The second-order valence-electron chi connectivity index (χ2n) is 5.00. The van der Waals surface area contributed by atoms with Gasteiger partial charge in [0.05, 0.1) is 6.33 Å². The van der Waals surface area contributed by atoms with Gasteiger partial charge in [0.1, 0.15) is 9.21 Å². The summed E-state index contributed by atoms with van der Waals surface area (Å²) in [5.41, 5.74) is 7.26. The number of nitrogens with zero attached hydrogens (tertiary/aromatic N) is 4. The highest BCUT2D eigenvalue weighted by molar-refractivity contribution is 14.2. The topological polar surface area (TPSA) is 78.9 Å². The number of nitrogen functional groups attached to an aromatic ring is 1. The second-order valence-corrected chi connectivity index (χ2v) is 6.37. The maximum atomic E-state index is 5.79. The van der Waals surface area contributed by atoms with Gasteiger partial charge in [0, 0.05) is 27.2 Å². The van der Waals surface area contributed by atoms with E-state index in [4.69, 9.17) is 9.92 Å². The summed E-state index contributed by atoms with van der Waals surface area (Å²) in [6, 6.07) is 0.455. The van der Waals surface area contributed by atoms with Crippen LogP contribution in [0.25, 0.3) is 11.2 Å². The van der Waals surface area contributed by atoms with Crippen LogP contribution in [0.1, 0.15) is 44.6 Å². The molecule has 0 aromatic carbocycles. The lowest BCUT2D eigenvalue weighted by Gasteiger charge is -2.16. The Hall–Kier alpha value is -0.770. The second kappa shape index (κ2) is 6.33. The molecule has 1 aliphatic carbocycles. The van der Waals surface area contributed by atoms with Crippen LogP contribution >= 0.6 is 30.4 Å². The first kappa shape index (κ1) is 14.2. The van der Waals surface area contributed by atoms with Crippen LogP contribution < -0.4 is 9.92 Å². The Bertz CT molecular complexity index is 597. The Morgan fingerprint density at radius 3 is 2.70 bits per heavy atom. The van der Waals surface area contributed by atoms with E-state index in [1.807, 2.05) is 27.5 Å². The Morgan fingerprint density at radius 1 is 1.25 bits per heavy atom. The summed E-state index contributed by atoms with van der Waals surface area (Å²) in [6.45, 7) is 0. The smallest absolute Gasteiger partial charge is 0.262 e. The average Bonchev–Trinajstić information content (AvgIpc) is 2.68. The fraction of sp³-hybridized carbons (Fsp3) is 0.583. The van der Waals surface area contributed by atoms with E-state index in [0.717, 1.165) is 5.65 Å². The normalized spacial score (nSPS) is 17.2. The highest BCUT2D eigenvalue weighted by Gasteiger charge is 2.20. The molecule has 20 heavy (non-hydrogen) atoms. The van der Waals surface area contributed by atoms with E-state index in [9.17, 15) is 0 Å². The number of hydrogen-bond acceptors (Lipinski definition) is 6. The highest BCUT2D eigenvalue weighted by Crippen LogP contribution is 2.32. The molecule has 1 saturated carbocycles. The van der Waals surface area contributed by atoms with E-state index in [1.54, 1.807) is 0 Å². The van der Waals surface area contributed by atoms with E-state index >= 15 is 0 Å². The largest absolute Gasteiger partial charge is 0.392 e. The van der Waals surface area contributed by atoms with E-state index in [0.29, 0.717) is 17.4 Å². The summed E-state index contributed by atoms with van der Waals surface area (Å²) in [5.74, 6) is 0.674. The molecule has 0 unspecified atom stereocenters. The lowest BCUT2D eigenvalue weighted by molar-refractivity contribution is 0.451. The van der Waals surface area contributed by atoms with Gasteiger partial charge in [-0.05, 0) is 12.8 Å². The van der Waals surface area contributed by atoms with E-state index < -0.39 is 0 Å². The Balaban J connectivity index is 2.03. The average molecular weight is 405 g/mol. The predicted octanol–water partition coefficient (Wildman–Crippen LogP) is 3.68. The molecule has 2 aromatic heterocycles. The summed E-state index contributed by atoms with van der Waals surface area (Å²) in [5, 5.41) is 0. The number of halogens is 1. The van der Waals surface area contributed by atoms with Crippen molar-refractivity contribution in [1.82, 2.24) is 19.5 Å². The molecule has 108 valence electrons. The van der Waals surface area contributed by atoms with Crippen molar-refractivity contribution >= 4 is 47.5 Å². The molecule has 0 amide bonds. The van der Waals surface area contributed by atoms with Crippen LogP contribution in [0.5, 0.6) is 5.88 Å². The van der Waals surface area contributed by atoms with Gasteiger partial charge in [-0.1, -0.05) is 25.7 Å². The molecule has 2 N–H and O–H groups in total. The number of imidazole rings is 1. The molecule has 0 bridgehead atoms. The Morgan fingerprint density at radius 2 is 2.00 bits per heavy atom. The molecule has 0 spiro atoms. The minimum Gasteiger partial charge on any atom is -0.392 e. The fourth-order valence-electron chi connectivity index (χ4n) is 2.80. The van der Waals surface area contributed by atoms with E-state index in [-0.39, 0.29) is 5.95 Å². The number of rotatable bonds is 3. The van der Waals surface area contributed by atoms with Crippen LogP contribution in [0.15, 0.2) is 6.33 Å². The maximum Gasteiger partial charge on any atom is 0.262 e. The summed E-state index contributed by atoms with van der Waals surface area (Å²) in [7, 11) is 1.20. The van der Waals surface area contributed by atoms with E-state index in [2.05, 4.69) is 19.5 Å². The van der Waals surface area contributed by atoms with Crippen molar-refractivity contribution in [3.63, 3.8) is 0 Å². The van der Waals surface area contributed by atoms with Gasteiger partial charge >= 0.3 is 0 Å². The zero-order valence-corrected chi connectivity index (χ0v) is 13.9. The predicted molar refractivity (Wildman–Crippen MR) is 88.7 cm³/mol. The zero-order valence-electron chi connectivity index (χ0n) is 11.0. The van der Waals surface area contributed by atoms with Gasteiger partial charge in [0.2, 0.25) is 5.95 Å². The molecular weight excluding hydrogens is 389 g/mol. The third-order valence-corrected chi connectivity index (χ3v) is 4.50. The standard InChI is InChI=1S/C12H16IN5OS/c13-20-19-11-9-10(16-12(14)17-11)18(7-15-9)8-5-3-1-2-4-6-8/h7-8H,1-6H2,(H2,14,16,17). The highest BCUT2D eigenvalue weighted by atomic mass is 127. The summed E-state index contributed by atoms with van der Waals surface area (Å²) in [6.07, 6.45) is 9.36. The first-order chi connectivity index (χ1) is 9.79. The van der Waals surface area contributed by atoms with Crippen LogP contribution in [0.3, 0.4) is 0 Å². The van der Waals surface area contributed by atoms with Gasteiger partial charge in [-0.25, -0.2) is 4.98 Å².